The first-order valence-corrected chi connectivity index (χ1v) is 5.55. The van der Waals surface area contributed by atoms with Crippen LogP contribution >= 0.6 is 11.6 Å². The average molecular weight is 303 g/mol. The van der Waals surface area contributed by atoms with E-state index in [1.165, 1.54) is 0 Å². The van der Waals surface area contributed by atoms with Gasteiger partial charge in [-0.1, -0.05) is 6.07 Å². The zero-order valence-corrected chi connectivity index (χ0v) is 10.1. The molecule has 0 aliphatic heterocycles. The number of benzene rings is 1. The molecular weight excluding hydrogens is 295 g/mol. The number of alkyl halides is 6. The molecule has 0 fully saturated rings. The van der Waals surface area contributed by atoms with E-state index in [0.717, 1.165) is 12.1 Å². The minimum Gasteiger partial charge on any atom is -0.405 e. The highest BCUT2D eigenvalue weighted by Gasteiger charge is 2.33. The van der Waals surface area contributed by atoms with Crippen LogP contribution in [0.15, 0.2) is 18.2 Å². The number of halogens is 6. The van der Waals surface area contributed by atoms with Gasteiger partial charge in [-0.05, 0) is 12.1 Å². The maximum Gasteiger partial charge on any atom is 0.573 e. The van der Waals surface area contributed by atoms with Crippen molar-refractivity contribution in [2.24, 2.45) is 0 Å². The van der Waals surface area contributed by atoms with Crippen LogP contribution in [0.5, 0.6) is 5.75 Å². The number of ketones is 1. The van der Waals surface area contributed by atoms with E-state index in [4.69, 9.17) is 11.6 Å². The number of hydrogen-bond donors (Lipinski definition) is 0. The molecule has 0 unspecified atom stereocenters. The summed E-state index contributed by atoms with van der Waals surface area (Å²) in [6.07, 6.45) is -8.37. The number of carbonyl (C=O) groups is 1. The Morgan fingerprint density at radius 3 is 2.42 bits per heavy atom. The van der Waals surface area contributed by atoms with Crippen LogP contribution in [0, 0.1) is 0 Å². The van der Waals surface area contributed by atoms with Crippen molar-refractivity contribution < 1.29 is 31.5 Å². The van der Waals surface area contributed by atoms with Crippen LogP contribution < -0.4 is 4.74 Å². The van der Waals surface area contributed by atoms with Gasteiger partial charge in [-0.3, -0.25) is 4.79 Å². The van der Waals surface area contributed by atoms with Crippen molar-refractivity contribution >= 4 is 17.4 Å². The second kappa shape index (κ2) is 6.18. The standard InChI is InChI=1S/C11H8ClF5O2/c12-4-3-8(18)6-1-2-7(10(13)14)9(5-6)19-11(15,16)17/h1-2,5,10H,3-4H2. The summed E-state index contributed by atoms with van der Waals surface area (Å²) in [7, 11) is 0. The van der Waals surface area contributed by atoms with Gasteiger partial charge in [0.2, 0.25) is 0 Å². The SMILES string of the molecule is O=C(CCCl)c1ccc(C(F)F)c(OC(F)(F)F)c1. The van der Waals surface area contributed by atoms with E-state index in [1.807, 2.05) is 0 Å². The largest absolute Gasteiger partial charge is 0.573 e. The normalized spacial score (nSPS) is 11.7. The molecule has 0 saturated heterocycles. The van der Waals surface area contributed by atoms with Crippen molar-refractivity contribution in [1.82, 2.24) is 0 Å². The number of ether oxygens (including phenoxy) is 1. The summed E-state index contributed by atoms with van der Waals surface area (Å²) in [4.78, 5) is 11.4. The Kier molecular flexibility index (Phi) is 5.11. The topological polar surface area (TPSA) is 26.3 Å². The predicted octanol–water partition coefficient (Wildman–Crippen LogP) is 4.33. The van der Waals surface area contributed by atoms with Crippen LogP contribution in [0.1, 0.15) is 28.8 Å². The van der Waals surface area contributed by atoms with E-state index >= 15 is 0 Å². The van der Waals surface area contributed by atoms with Crippen molar-refractivity contribution in [2.75, 3.05) is 5.88 Å². The molecule has 0 spiro atoms. The Bertz CT molecular complexity index is 459. The molecule has 1 aromatic rings. The molecule has 1 aromatic carbocycles. The monoisotopic (exact) mass is 302 g/mol. The molecule has 19 heavy (non-hydrogen) atoms. The highest BCUT2D eigenvalue weighted by molar-refractivity contribution is 6.19. The van der Waals surface area contributed by atoms with Gasteiger partial charge in [0.05, 0.1) is 5.56 Å². The Morgan fingerprint density at radius 1 is 1.32 bits per heavy atom. The summed E-state index contributed by atoms with van der Waals surface area (Å²) >= 11 is 5.32. The molecule has 0 heterocycles. The zero-order valence-electron chi connectivity index (χ0n) is 9.31. The highest BCUT2D eigenvalue weighted by Crippen LogP contribution is 2.33. The summed E-state index contributed by atoms with van der Waals surface area (Å²) in [5.74, 6) is -1.66. The maximum atomic E-state index is 12.5. The van der Waals surface area contributed by atoms with Crippen LogP contribution in [0.25, 0.3) is 0 Å². The van der Waals surface area contributed by atoms with Gasteiger partial charge < -0.3 is 4.74 Å². The molecule has 0 radical (unpaired) electrons. The zero-order chi connectivity index (χ0) is 14.6. The fraction of sp³-hybridized carbons (Fsp3) is 0.364. The molecule has 0 aliphatic carbocycles. The second-order valence-electron chi connectivity index (χ2n) is 3.46. The minimum atomic E-state index is -5.11. The second-order valence-corrected chi connectivity index (χ2v) is 3.84. The van der Waals surface area contributed by atoms with E-state index < -0.39 is 29.9 Å². The van der Waals surface area contributed by atoms with Crippen LogP contribution in [0.2, 0.25) is 0 Å². The van der Waals surface area contributed by atoms with Crippen molar-refractivity contribution in [3.8, 4) is 5.75 Å². The molecule has 0 saturated carbocycles. The minimum absolute atomic E-state index is 0.0229. The number of carbonyl (C=O) groups excluding carboxylic acids is 1. The summed E-state index contributed by atoms with van der Waals surface area (Å²) < 4.78 is 64.8. The van der Waals surface area contributed by atoms with E-state index in [2.05, 4.69) is 4.74 Å². The van der Waals surface area contributed by atoms with E-state index in [-0.39, 0.29) is 17.9 Å². The quantitative estimate of drug-likeness (QED) is 0.459. The lowest BCUT2D eigenvalue weighted by molar-refractivity contribution is -0.275. The van der Waals surface area contributed by atoms with E-state index in [1.54, 1.807) is 0 Å². The smallest absolute Gasteiger partial charge is 0.405 e. The van der Waals surface area contributed by atoms with Gasteiger partial charge in [0.1, 0.15) is 5.75 Å². The number of hydrogen-bond acceptors (Lipinski definition) is 2. The fourth-order valence-corrected chi connectivity index (χ4v) is 1.50. The van der Waals surface area contributed by atoms with E-state index in [9.17, 15) is 26.7 Å². The first-order valence-electron chi connectivity index (χ1n) is 5.01. The molecule has 0 bridgehead atoms. The van der Waals surface area contributed by atoms with Gasteiger partial charge in [0.25, 0.3) is 6.43 Å². The molecule has 0 aromatic heterocycles. The van der Waals surface area contributed by atoms with Gasteiger partial charge >= 0.3 is 6.36 Å². The molecule has 1 rings (SSSR count). The molecule has 8 heteroatoms. The average Bonchev–Trinajstić information content (AvgIpc) is 2.26. The van der Waals surface area contributed by atoms with Crippen molar-refractivity contribution in [3.05, 3.63) is 29.3 Å². The Balaban J connectivity index is 3.14. The summed E-state index contributed by atoms with van der Waals surface area (Å²) in [6, 6.07) is 2.39. The van der Waals surface area contributed by atoms with Gasteiger partial charge in [-0.2, -0.15) is 0 Å². The molecule has 0 atom stereocenters. The molecule has 0 amide bonds. The number of Topliss-reactive ketones (excluding diaryl/α,β-unsaturated/α-hetero) is 1. The van der Waals surface area contributed by atoms with Crippen LogP contribution in [0.3, 0.4) is 0 Å². The first kappa shape index (κ1) is 15.7. The Labute approximate surface area is 110 Å². The van der Waals surface area contributed by atoms with Crippen LogP contribution in [-0.4, -0.2) is 18.0 Å². The lowest BCUT2D eigenvalue weighted by Gasteiger charge is -2.14. The van der Waals surface area contributed by atoms with E-state index in [0.29, 0.717) is 6.07 Å². The lowest BCUT2D eigenvalue weighted by atomic mass is 10.1. The third-order valence-corrected chi connectivity index (χ3v) is 2.31. The highest BCUT2D eigenvalue weighted by atomic mass is 35.5. The molecule has 0 N–H and O–H groups in total. The van der Waals surface area contributed by atoms with Crippen molar-refractivity contribution in [3.63, 3.8) is 0 Å². The maximum absolute atomic E-state index is 12.5. The van der Waals surface area contributed by atoms with Crippen molar-refractivity contribution in [2.45, 2.75) is 19.2 Å². The lowest BCUT2D eigenvalue weighted by Crippen LogP contribution is -2.18. The third kappa shape index (κ3) is 4.66. The predicted molar refractivity (Wildman–Crippen MR) is 57.7 cm³/mol. The summed E-state index contributed by atoms with van der Waals surface area (Å²) in [5.41, 5.74) is -1.09. The fourth-order valence-electron chi connectivity index (χ4n) is 1.33. The summed E-state index contributed by atoms with van der Waals surface area (Å²) in [5, 5.41) is 0. The van der Waals surface area contributed by atoms with Gasteiger partial charge in [0.15, 0.2) is 5.78 Å². The molecule has 106 valence electrons. The van der Waals surface area contributed by atoms with Crippen LogP contribution in [-0.2, 0) is 0 Å². The van der Waals surface area contributed by atoms with Gasteiger partial charge in [-0.25, -0.2) is 8.78 Å². The Morgan fingerprint density at radius 2 is 1.95 bits per heavy atom. The molecular formula is C11H8ClF5O2. The molecule has 0 aliphatic rings. The molecule has 2 nitrogen and oxygen atoms in total. The third-order valence-electron chi connectivity index (χ3n) is 2.12. The van der Waals surface area contributed by atoms with Crippen molar-refractivity contribution in [1.29, 1.82) is 0 Å². The first-order chi connectivity index (χ1) is 8.74. The van der Waals surface area contributed by atoms with Crippen LogP contribution in [0.4, 0.5) is 22.0 Å². The van der Waals surface area contributed by atoms with Gasteiger partial charge in [-0.15, -0.1) is 24.8 Å². The van der Waals surface area contributed by atoms with Gasteiger partial charge in [0, 0.05) is 17.9 Å². The number of rotatable bonds is 5. The summed E-state index contributed by atoms with van der Waals surface area (Å²) in [6.45, 7) is 0. The Hall–Kier alpha value is -1.37.